The Kier molecular flexibility index (Phi) is 7.70. The summed E-state index contributed by atoms with van der Waals surface area (Å²) in [5.41, 5.74) is 0.753. The van der Waals surface area contributed by atoms with E-state index in [1.54, 1.807) is 18.2 Å². The third-order valence-electron chi connectivity index (χ3n) is 2.91. The second-order valence-corrected chi connectivity index (χ2v) is 5.64. The van der Waals surface area contributed by atoms with Gasteiger partial charge in [0.1, 0.15) is 18.9 Å². The van der Waals surface area contributed by atoms with Crippen LogP contribution in [0.2, 0.25) is 5.02 Å². The molecule has 0 fully saturated rings. The van der Waals surface area contributed by atoms with Crippen molar-refractivity contribution < 1.29 is 24.3 Å². The number of benzene rings is 1. The Bertz CT molecular complexity index is 520. The normalized spacial score (nSPS) is 10.5. The molecule has 0 heterocycles. The summed E-state index contributed by atoms with van der Waals surface area (Å²) in [6, 6.07) is 5.20. The van der Waals surface area contributed by atoms with Crippen molar-refractivity contribution in [2.24, 2.45) is 0 Å². The lowest BCUT2D eigenvalue weighted by molar-refractivity contribution is -0.858. The topological polar surface area (TPSA) is 82.9 Å². The average molecular weight is 329 g/mol. The first-order valence-electron chi connectivity index (χ1n) is 7.05. The maximum Gasteiger partial charge on any atom is 0.220 e. The number of amides is 1. The minimum Gasteiger partial charge on any atom is -0.550 e. The summed E-state index contributed by atoms with van der Waals surface area (Å²) in [5, 5.41) is 13.5. The SMILES string of the molecule is C[NH+](C)CCOc1ccc(Cl)cc1CNC(=O)CCC(=O)[O-]. The third kappa shape index (κ3) is 7.28. The number of quaternary nitrogens is 1. The number of carbonyl (C=O) groups excluding carboxylic acids is 2. The molecule has 1 amide bonds. The van der Waals surface area contributed by atoms with Crippen LogP contribution in [0, 0.1) is 0 Å². The number of hydrogen-bond acceptors (Lipinski definition) is 4. The van der Waals surface area contributed by atoms with Crippen LogP contribution < -0.4 is 20.1 Å². The van der Waals surface area contributed by atoms with Crippen molar-refractivity contribution in [1.82, 2.24) is 5.32 Å². The van der Waals surface area contributed by atoms with Gasteiger partial charge in [-0.25, -0.2) is 0 Å². The number of carbonyl (C=O) groups is 2. The molecule has 0 spiro atoms. The van der Waals surface area contributed by atoms with E-state index in [9.17, 15) is 14.7 Å². The van der Waals surface area contributed by atoms with Crippen LogP contribution in [0.4, 0.5) is 0 Å². The average Bonchev–Trinajstić information content (AvgIpc) is 2.44. The van der Waals surface area contributed by atoms with Gasteiger partial charge in [0, 0.05) is 29.5 Å². The van der Waals surface area contributed by atoms with E-state index in [-0.39, 0.29) is 25.3 Å². The molecule has 22 heavy (non-hydrogen) atoms. The Morgan fingerprint density at radius 2 is 2.05 bits per heavy atom. The van der Waals surface area contributed by atoms with Crippen LogP contribution in [0.3, 0.4) is 0 Å². The number of nitrogens with one attached hydrogen (secondary N) is 2. The molecule has 0 aliphatic carbocycles. The van der Waals surface area contributed by atoms with Gasteiger partial charge in [-0.2, -0.15) is 0 Å². The maximum absolute atomic E-state index is 11.5. The number of halogens is 1. The van der Waals surface area contributed by atoms with Crippen LogP contribution in [-0.2, 0) is 16.1 Å². The van der Waals surface area contributed by atoms with Crippen LogP contribution in [0.15, 0.2) is 18.2 Å². The molecule has 0 saturated carbocycles. The van der Waals surface area contributed by atoms with Crippen LogP contribution in [0.5, 0.6) is 5.75 Å². The summed E-state index contributed by atoms with van der Waals surface area (Å²) in [6.45, 7) is 1.63. The monoisotopic (exact) mass is 328 g/mol. The predicted octanol–water partition coefficient (Wildman–Crippen LogP) is -0.990. The summed E-state index contributed by atoms with van der Waals surface area (Å²) in [6.07, 6.45) is -0.403. The molecule has 0 aliphatic rings. The fraction of sp³-hybridized carbons (Fsp3) is 0.467. The van der Waals surface area contributed by atoms with Gasteiger partial charge >= 0.3 is 0 Å². The molecule has 0 atom stereocenters. The molecule has 6 nitrogen and oxygen atoms in total. The number of hydrogen-bond donors (Lipinski definition) is 2. The van der Waals surface area contributed by atoms with Gasteiger partial charge in [-0.05, 0) is 24.6 Å². The summed E-state index contributed by atoms with van der Waals surface area (Å²) in [4.78, 5) is 23.1. The van der Waals surface area contributed by atoms with Gasteiger partial charge in [0.05, 0.1) is 14.1 Å². The van der Waals surface area contributed by atoms with Crippen LogP contribution in [-0.4, -0.2) is 39.1 Å². The lowest BCUT2D eigenvalue weighted by atomic mass is 10.2. The highest BCUT2D eigenvalue weighted by atomic mass is 35.5. The molecular weight excluding hydrogens is 308 g/mol. The zero-order valence-electron chi connectivity index (χ0n) is 12.8. The third-order valence-corrected chi connectivity index (χ3v) is 3.15. The number of carboxylic acids is 1. The maximum atomic E-state index is 11.5. The minimum atomic E-state index is -1.24. The van der Waals surface area contributed by atoms with E-state index in [1.165, 1.54) is 4.90 Å². The van der Waals surface area contributed by atoms with Crippen molar-refractivity contribution in [1.29, 1.82) is 0 Å². The molecule has 0 aromatic heterocycles. The molecule has 7 heteroatoms. The van der Waals surface area contributed by atoms with Gasteiger partial charge in [-0.1, -0.05) is 11.6 Å². The van der Waals surface area contributed by atoms with Gasteiger partial charge in [0.2, 0.25) is 5.91 Å². The molecule has 0 saturated heterocycles. The minimum absolute atomic E-state index is 0.108. The summed E-state index contributed by atoms with van der Waals surface area (Å²) in [7, 11) is 4.06. The van der Waals surface area contributed by atoms with E-state index in [2.05, 4.69) is 5.32 Å². The fourth-order valence-corrected chi connectivity index (χ4v) is 1.88. The highest BCUT2D eigenvalue weighted by Gasteiger charge is 2.08. The smallest absolute Gasteiger partial charge is 0.220 e. The molecule has 1 rings (SSSR count). The van der Waals surface area contributed by atoms with Crippen LogP contribution in [0.1, 0.15) is 18.4 Å². The van der Waals surface area contributed by atoms with Crippen molar-refractivity contribution in [3.05, 3.63) is 28.8 Å². The Morgan fingerprint density at radius 3 is 2.68 bits per heavy atom. The van der Waals surface area contributed by atoms with Gasteiger partial charge < -0.3 is 24.9 Å². The predicted molar refractivity (Wildman–Crippen MR) is 80.7 cm³/mol. The molecule has 1 aromatic rings. The van der Waals surface area contributed by atoms with Gasteiger partial charge in [0.15, 0.2) is 0 Å². The summed E-state index contributed by atoms with van der Waals surface area (Å²) >= 11 is 5.96. The lowest BCUT2D eigenvalue weighted by Crippen LogP contribution is -3.06. The summed E-state index contributed by atoms with van der Waals surface area (Å²) in [5.74, 6) is -0.938. The highest BCUT2D eigenvalue weighted by Crippen LogP contribution is 2.22. The fourth-order valence-electron chi connectivity index (χ4n) is 1.69. The molecule has 0 unspecified atom stereocenters. The molecule has 0 radical (unpaired) electrons. The first kappa shape index (κ1) is 18.3. The van der Waals surface area contributed by atoms with E-state index in [0.717, 1.165) is 12.1 Å². The Balaban J connectivity index is 2.58. The number of rotatable bonds is 9. The lowest BCUT2D eigenvalue weighted by Gasteiger charge is -2.14. The summed E-state index contributed by atoms with van der Waals surface area (Å²) < 4.78 is 5.70. The first-order chi connectivity index (χ1) is 10.4. The molecule has 2 N–H and O–H groups in total. The van der Waals surface area contributed by atoms with Crippen molar-refractivity contribution in [2.75, 3.05) is 27.2 Å². The van der Waals surface area contributed by atoms with Crippen LogP contribution in [0.25, 0.3) is 0 Å². The largest absolute Gasteiger partial charge is 0.550 e. The molecule has 1 aromatic carbocycles. The van der Waals surface area contributed by atoms with Gasteiger partial charge in [-0.15, -0.1) is 0 Å². The van der Waals surface area contributed by atoms with Gasteiger partial charge in [0.25, 0.3) is 0 Å². The van der Waals surface area contributed by atoms with E-state index < -0.39 is 5.97 Å². The van der Waals surface area contributed by atoms with Crippen LogP contribution >= 0.6 is 11.6 Å². The Labute approximate surface area is 135 Å². The van der Waals surface area contributed by atoms with Crippen molar-refractivity contribution in [3.8, 4) is 5.75 Å². The second-order valence-electron chi connectivity index (χ2n) is 5.21. The molecule has 0 aliphatic heterocycles. The van der Waals surface area contributed by atoms with E-state index in [0.29, 0.717) is 17.4 Å². The van der Waals surface area contributed by atoms with Crippen molar-refractivity contribution >= 4 is 23.5 Å². The quantitative estimate of drug-likeness (QED) is 0.610. The first-order valence-corrected chi connectivity index (χ1v) is 7.43. The zero-order valence-corrected chi connectivity index (χ0v) is 13.5. The highest BCUT2D eigenvalue weighted by molar-refractivity contribution is 6.30. The van der Waals surface area contributed by atoms with Gasteiger partial charge in [-0.3, -0.25) is 4.79 Å². The number of aliphatic carboxylic acids is 1. The number of carboxylic acid groups (broad SMARTS) is 1. The molecule has 0 bridgehead atoms. The van der Waals surface area contributed by atoms with E-state index >= 15 is 0 Å². The standard InChI is InChI=1S/C15H21ClN2O4/c1-18(2)7-8-22-13-4-3-12(16)9-11(13)10-17-14(19)5-6-15(20)21/h3-4,9H,5-8,10H2,1-2H3,(H,17,19)(H,20,21). The number of likely N-dealkylation sites (N-methyl/N-ethyl adjacent to an activating group) is 1. The van der Waals surface area contributed by atoms with Crippen molar-refractivity contribution in [3.63, 3.8) is 0 Å². The molecular formula is C15H21ClN2O4. The van der Waals surface area contributed by atoms with Crippen molar-refractivity contribution in [2.45, 2.75) is 19.4 Å². The Hall–Kier alpha value is -1.79. The number of ether oxygens (including phenoxy) is 1. The molecule has 122 valence electrons. The zero-order chi connectivity index (χ0) is 16.5. The Morgan fingerprint density at radius 1 is 1.32 bits per heavy atom. The van der Waals surface area contributed by atoms with E-state index in [1.807, 2.05) is 14.1 Å². The van der Waals surface area contributed by atoms with E-state index in [4.69, 9.17) is 16.3 Å². The second kappa shape index (κ2) is 9.27.